The molecule has 2 atom stereocenters. The van der Waals surface area contributed by atoms with Gasteiger partial charge < -0.3 is 21.0 Å². The summed E-state index contributed by atoms with van der Waals surface area (Å²) < 4.78 is 0. The normalized spacial score (nSPS) is 21.7. The van der Waals surface area contributed by atoms with Gasteiger partial charge in [0.05, 0.1) is 0 Å². The summed E-state index contributed by atoms with van der Waals surface area (Å²) in [6, 6.07) is -0.885. The minimum atomic E-state index is -1.18. The van der Waals surface area contributed by atoms with E-state index in [0.717, 1.165) is 11.3 Å². The summed E-state index contributed by atoms with van der Waals surface area (Å²) in [4.78, 5) is 47.7. The molecule has 1 aromatic rings. The number of hydrogen-bond donors (Lipinski definition) is 3. The third-order valence-electron chi connectivity index (χ3n) is 4.19. The average molecular weight is 452 g/mol. The zero-order valence-electron chi connectivity index (χ0n) is 16.5. The predicted octanol–water partition coefficient (Wildman–Crippen LogP) is 1.17. The third-order valence-corrected chi connectivity index (χ3v) is 6.17. The standard InChI is InChI=1S/C18H21N5O5S2/c1-4-5-9-6-29-16-12(15(25)23(16)13(9)17(26)27)21-14(24)11(22-28-8(2)3)10-7-30-18(19)20-10/h4-5,7-8,12,16H,6H2,1-3H3,(H2,19,20)(H,21,24)(H,26,27)/b5-4-,22-11-/t12?,16-/m0/s1. The molecular formula is C18H21N5O5S2. The van der Waals surface area contributed by atoms with Gasteiger partial charge >= 0.3 is 5.97 Å². The number of rotatable bonds is 7. The molecular weight excluding hydrogens is 430 g/mol. The molecule has 0 saturated carbocycles. The van der Waals surface area contributed by atoms with Gasteiger partial charge in [-0.15, -0.1) is 23.1 Å². The molecule has 0 radical (unpaired) electrons. The number of aliphatic carboxylic acids is 1. The van der Waals surface area contributed by atoms with Crippen molar-refractivity contribution < 1.29 is 24.3 Å². The number of nitrogen functional groups attached to an aromatic ring is 1. The molecule has 1 unspecified atom stereocenters. The van der Waals surface area contributed by atoms with Crippen molar-refractivity contribution in [2.24, 2.45) is 5.16 Å². The number of hydrogen-bond acceptors (Lipinski definition) is 9. The molecule has 0 spiro atoms. The Morgan fingerprint density at radius 2 is 2.23 bits per heavy atom. The smallest absolute Gasteiger partial charge is 0.352 e. The number of β-lactam (4-membered cyclic amide) rings is 1. The van der Waals surface area contributed by atoms with E-state index in [9.17, 15) is 19.5 Å². The van der Waals surface area contributed by atoms with Crippen molar-refractivity contribution in [3.63, 3.8) is 0 Å². The van der Waals surface area contributed by atoms with Gasteiger partial charge in [0.2, 0.25) is 0 Å². The number of thioether (sulfide) groups is 1. The summed E-state index contributed by atoms with van der Waals surface area (Å²) in [5.41, 5.74) is 6.27. The predicted molar refractivity (Wildman–Crippen MR) is 114 cm³/mol. The Labute approximate surface area is 180 Å². The first-order valence-electron chi connectivity index (χ1n) is 9.04. The van der Waals surface area contributed by atoms with Crippen molar-refractivity contribution in [1.82, 2.24) is 15.2 Å². The van der Waals surface area contributed by atoms with Crippen LogP contribution in [-0.2, 0) is 19.2 Å². The third kappa shape index (κ3) is 4.19. The summed E-state index contributed by atoms with van der Waals surface area (Å²) in [6.07, 6.45) is 3.12. The zero-order chi connectivity index (χ0) is 22.0. The van der Waals surface area contributed by atoms with Gasteiger partial charge in [-0.2, -0.15) is 0 Å². The molecule has 2 aliphatic rings. The second-order valence-electron chi connectivity index (χ2n) is 6.70. The van der Waals surface area contributed by atoms with Gasteiger partial charge in [0.15, 0.2) is 10.8 Å². The van der Waals surface area contributed by atoms with Crippen LogP contribution in [0.25, 0.3) is 0 Å². The molecule has 4 N–H and O–H groups in total. The molecule has 2 aliphatic heterocycles. The number of carboxylic acids is 1. The summed E-state index contributed by atoms with van der Waals surface area (Å²) in [5.74, 6) is -1.93. The Bertz CT molecular complexity index is 968. The Balaban J connectivity index is 1.81. The summed E-state index contributed by atoms with van der Waals surface area (Å²) in [5, 5.41) is 17.4. The van der Waals surface area contributed by atoms with Crippen LogP contribution < -0.4 is 11.1 Å². The lowest BCUT2D eigenvalue weighted by molar-refractivity contribution is -0.150. The van der Waals surface area contributed by atoms with Gasteiger partial charge in [0, 0.05) is 11.1 Å². The van der Waals surface area contributed by atoms with Gasteiger partial charge in [0.1, 0.15) is 28.9 Å². The molecule has 1 fully saturated rings. The highest BCUT2D eigenvalue weighted by atomic mass is 32.2. The molecule has 0 aromatic carbocycles. The second kappa shape index (κ2) is 8.88. The van der Waals surface area contributed by atoms with Crippen molar-refractivity contribution in [3.8, 4) is 0 Å². The molecule has 0 aliphatic carbocycles. The molecule has 10 nitrogen and oxygen atoms in total. The number of nitrogens with two attached hydrogens (primary N) is 1. The Morgan fingerprint density at radius 3 is 2.80 bits per heavy atom. The number of carbonyl (C=O) groups is 3. The van der Waals surface area contributed by atoms with E-state index < -0.39 is 29.2 Å². The zero-order valence-corrected chi connectivity index (χ0v) is 18.1. The summed E-state index contributed by atoms with van der Waals surface area (Å²) in [7, 11) is 0. The van der Waals surface area contributed by atoms with Crippen LogP contribution in [0.5, 0.6) is 0 Å². The van der Waals surface area contributed by atoms with Crippen LogP contribution in [0.4, 0.5) is 5.13 Å². The van der Waals surface area contributed by atoms with Gasteiger partial charge in [0.25, 0.3) is 11.8 Å². The number of carbonyl (C=O) groups excluding carboxylic acids is 2. The number of oxime groups is 1. The molecule has 160 valence electrons. The molecule has 12 heteroatoms. The van der Waals surface area contributed by atoms with Crippen LogP contribution >= 0.6 is 23.1 Å². The van der Waals surface area contributed by atoms with Crippen LogP contribution in [-0.4, -0.2) is 61.8 Å². The van der Waals surface area contributed by atoms with Crippen molar-refractivity contribution in [1.29, 1.82) is 0 Å². The Kier molecular flexibility index (Phi) is 6.46. The summed E-state index contributed by atoms with van der Waals surface area (Å²) >= 11 is 2.52. The van der Waals surface area contributed by atoms with E-state index in [1.807, 2.05) is 0 Å². The number of amides is 2. The lowest BCUT2D eigenvalue weighted by atomic mass is 10.0. The van der Waals surface area contributed by atoms with Crippen molar-refractivity contribution in [2.75, 3.05) is 11.5 Å². The monoisotopic (exact) mass is 451 g/mol. The maximum Gasteiger partial charge on any atom is 0.352 e. The van der Waals surface area contributed by atoms with Crippen LogP contribution in [0, 0.1) is 0 Å². The van der Waals surface area contributed by atoms with E-state index >= 15 is 0 Å². The second-order valence-corrected chi connectivity index (χ2v) is 8.70. The van der Waals surface area contributed by atoms with E-state index in [2.05, 4.69) is 15.5 Å². The number of anilines is 1. The number of fused-ring (bicyclic) bond motifs is 1. The highest BCUT2D eigenvalue weighted by Crippen LogP contribution is 2.40. The van der Waals surface area contributed by atoms with Gasteiger partial charge in [-0.25, -0.2) is 9.78 Å². The Hall–Kier alpha value is -2.86. The van der Waals surface area contributed by atoms with E-state index in [1.54, 1.807) is 38.3 Å². The quantitative estimate of drug-likeness (QED) is 0.318. The number of nitrogens with one attached hydrogen (secondary N) is 1. The van der Waals surface area contributed by atoms with Gasteiger partial charge in [-0.1, -0.05) is 17.3 Å². The maximum atomic E-state index is 12.9. The molecule has 30 heavy (non-hydrogen) atoms. The molecule has 2 amide bonds. The largest absolute Gasteiger partial charge is 0.477 e. The number of allylic oxidation sites excluding steroid dienone is 2. The van der Waals surface area contributed by atoms with Crippen molar-refractivity contribution in [3.05, 3.63) is 34.5 Å². The minimum absolute atomic E-state index is 0.0587. The van der Waals surface area contributed by atoms with Crippen LogP contribution in [0.1, 0.15) is 26.5 Å². The number of thiazole rings is 1. The van der Waals surface area contributed by atoms with Gasteiger partial charge in [-0.05, 0) is 26.3 Å². The van der Waals surface area contributed by atoms with Gasteiger partial charge in [-0.3, -0.25) is 14.5 Å². The topological polar surface area (TPSA) is 147 Å². The highest BCUT2D eigenvalue weighted by Gasteiger charge is 2.54. The fraction of sp³-hybridized carbons (Fsp3) is 0.389. The highest BCUT2D eigenvalue weighted by molar-refractivity contribution is 8.00. The van der Waals surface area contributed by atoms with Crippen LogP contribution in [0.2, 0.25) is 0 Å². The summed E-state index contributed by atoms with van der Waals surface area (Å²) in [6.45, 7) is 5.28. The Morgan fingerprint density at radius 1 is 1.50 bits per heavy atom. The first kappa shape index (κ1) is 21.8. The SMILES string of the molecule is C/C=C\C1=C(C(=O)O)N2C(=O)C(NC(=O)/C(=N\OC(C)C)c3csc(N)n3)[C@@H]2SC1. The van der Waals surface area contributed by atoms with Crippen molar-refractivity contribution in [2.45, 2.75) is 38.3 Å². The molecule has 0 bridgehead atoms. The lowest BCUT2D eigenvalue weighted by Gasteiger charge is -2.49. The maximum absolute atomic E-state index is 12.9. The fourth-order valence-electron chi connectivity index (χ4n) is 2.94. The van der Waals surface area contributed by atoms with Crippen LogP contribution in [0.3, 0.4) is 0 Å². The number of nitrogens with zero attached hydrogens (tertiary/aromatic N) is 3. The minimum Gasteiger partial charge on any atom is -0.477 e. The van der Waals surface area contributed by atoms with Crippen LogP contribution in [0.15, 0.2) is 34.0 Å². The van der Waals surface area contributed by atoms with E-state index in [0.29, 0.717) is 11.3 Å². The molecule has 3 rings (SSSR count). The molecule has 1 aromatic heterocycles. The molecule has 1 saturated heterocycles. The average Bonchev–Trinajstić information content (AvgIpc) is 3.11. The van der Waals surface area contributed by atoms with E-state index in [1.165, 1.54) is 16.7 Å². The van der Waals surface area contributed by atoms with Crippen molar-refractivity contribution >= 4 is 51.7 Å². The molecule has 3 heterocycles. The first-order chi connectivity index (χ1) is 14.2. The number of aromatic nitrogens is 1. The number of carboxylic acid groups (broad SMARTS) is 1. The lowest BCUT2D eigenvalue weighted by Crippen LogP contribution is -2.71. The van der Waals surface area contributed by atoms with E-state index in [-0.39, 0.29) is 28.3 Å². The first-order valence-corrected chi connectivity index (χ1v) is 11.0. The van der Waals surface area contributed by atoms with E-state index in [4.69, 9.17) is 10.6 Å². The fourth-order valence-corrected chi connectivity index (χ4v) is 4.81.